The van der Waals surface area contributed by atoms with E-state index in [1.807, 2.05) is 87.0 Å². The highest BCUT2D eigenvalue weighted by Crippen LogP contribution is 2.45. The van der Waals surface area contributed by atoms with Crippen molar-refractivity contribution in [3.05, 3.63) is 123 Å². The smallest absolute Gasteiger partial charge is 0.103 e. The van der Waals surface area contributed by atoms with E-state index in [1.54, 1.807) is 18.2 Å². The molecule has 0 spiro atoms. The van der Waals surface area contributed by atoms with Gasteiger partial charge in [0.05, 0.1) is 11.6 Å². The van der Waals surface area contributed by atoms with Crippen molar-refractivity contribution < 1.29 is 5.11 Å². The van der Waals surface area contributed by atoms with Crippen LogP contribution in [0.1, 0.15) is 29.2 Å². The Morgan fingerprint density at radius 2 is 1.43 bits per heavy atom. The van der Waals surface area contributed by atoms with Crippen molar-refractivity contribution in [1.29, 1.82) is 0 Å². The first-order valence-electron chi connectivity index (χ1n) is 11.4. The summed E-state index contributed by atoms with van der Waals surface area (Å²) in [5.74, 6) is -0.447. The van der Waals surface area contributed by atoms with Crippen molar-refractivity contribution in [3.8, 4) is 11.1 Å². The number of nitrogens with zero attached hydrogens (tertiary/aromatic N) is 2. The Morgan fingerprint density at radius 1 is 0.800 bits per heavy atom. The molecule has 3 nitrogen and oxygen atoms in total. The normalized spacial score (nSPS) is 14.0. The highest BCUT2D eigenvalue weighted by atomic mass is 35.5. The minimum atomic E-state index is -1.31. The molecule has 0 aliphatic heterocycles. The number of aliphatic hydroxyl groups is 1. The van der Waals surface area contributed by atoms with E-state index in [0.717, 1.165) is 22.4 Å². The molecule has 3 aromatic carbocycles. The Labute approximate surface area is 221 Å². The van der Waals surface area contributed by atoms with Crippen molar-refractivity contribution in [2.75, 3.05) is 20.6 Å². The van der Waals surface area contributed by atoms with E-state index < -0.39 is 11.5 Å². The maximum absolute atomic E-state index is 12.5. The number of benzene rings is 3. The summed E-state index contributed by atoms with van der Waals surface area (Å²) in [6, 6.07) is 26.9. The highest BCUT2D eigenvalue weighted by Gasteiger charge is 2.41. The van der Waals surface area contributed by atoms with Gasteiger partial charge in [-0.3, -0.25) is 4.98 Å². The summed E-state index contributed by atoms with van der Waals surface area (Å²) in [7, 11) is 3.98. The summed E-state index contributed by atoms with van der Waals surface area (Å²) in [4.78, 5) is 6.90. The molecule has 0 saturated heterocycles. The third-order valence-corrected chi connectivity index (χ3v) is 6.86. The SMILES string of the molecule is CN(C)CC[C@@](O)(c1cc(Cl)cc(Cl)c1)[C@H](c1ccccc1)c1ccc(-c2ccc(Cl)cc2)cn1. The lowest BCUT2D eigenvalue weighted by Gasteiger charge is -2.38. The zero-order valence-electron chi connectivity index (χ0n) is 19.6. The lowest BCUT2D eigenvalue weighted by molar-refractivity contribution is 0.00341. The van der Waals surface area contributed by atoms with Gasteiger partial charge in [0.25, 0.3) is 0 Å². The molecule has 1 heterocycles. The average molecular weight is 526 g/mol. The lowest BCUT2D eigenvalue weighted by Crippen LogP contribution is -2.38. The lowest BCUT2D eigenvalue weighted by atomic mass is 9.73. The van der Waals surface area contributed by atoms with E-state index in [2.05, 4.69) is 4.90 Å². The highest BCUT2D eigenvalue weighted by molar-refractivity contribution is 6.34. The molecule has 180 valence electrons. The van der Waals surface area contributed by atoms with Crippen LogP contribution in [0.3, 0.4) is 0 Å². The van der Waals surface area contributed by atoms with Crippen molar-refractivity contribution in [2.45, 2.75) is 17.9 Å². The van der Waals surface area contributed by atoms with Gasteiger partial charge in [-0.25, -0.2) is 0 Å². The van der Waals surface area contributed by atoms with Crippen LogP contribution in [0.2, 0.25) is 15.1 Å². The number of aromatic nitrogens is 1. The zero-order valence-corrected chi connectivity index (χ0v) is 21.9. The zero-order chi connectivity index (χ0) is 25.0. The Balaban J connectivity index is 1.85. The Bertz CT molecular complexity index is 1240. The first-order valence-corrected chi connectivity index (χ1v) is 12.5. The van der Waals surface area contributed by atoms with E-state index in [9.17, 15) is 5.11 Å². The van der Waals surface area contributed by atoms with Crippen molar-refractivity contribution in [3.63, 3.8) is 0 Å². The third kappa shape index (κ3) is 6.06. The van der Waals surface area contributed by atoms with Crippen LogP contribution in [0, 0.1) is 0 Å². The molecule has 0 aliphatic rings. The minimum Gasteiger partial charge on any atom is -0.384 e. The predicted octanol–water partition coefficient (Wildman–Crippen LogP) is 7.68. The van der Waals surface area contributed by atoms with Crippen LogP contribution < -0.4 is 0 Å². The molecule has 4 aromatic rings. The van der Waals surface area contributed by atoms with E-state index in [1.165, 1.54) is 0 Å². The fraction of sp³-hybridized carbons (Fsp3) is 0.207. The van der Waals surface area contributed by atoms with E-state index >= 15 is 0 Å². The van der Waals surface area contributed by atoms with E-state index in [-0.39, 0.29) is 0 Å². The molecule has 0 saturated carbocycles. The summed E-state index contributed by atoms with van der Waals surface area (Å²) < 4.78 is 0. The number of hydrogen-bond acceptors (Lipinski definition) is 3. The number of hydrogen-bond donors (Lipinski definition) is 1. The molecule has 0 aliphatic carbocycles. The minimum absolute atomic E-state index is 0.447. The summed E-state index contributed by atoms with van der Waals surface area (Å²) in [5.41, 5.74) is 3.06. The molecule has 6 heteroatoms. The second-order valence-corrected chi connectivity index (χ2v) is 10.3. The monoisotopic (exact) mass is 524 g/mol. The fourth-order valence-corrected chi connectivity index (χ4v) is 5.03. The topological polar surface area (TPSA) is 36.4 Å². The molecular weight excluding hydrogens is 499 g/mol. The second-order valence-electron chi connectivity index (χ2n) is 8.96. The van der Waals surface area contributed by atoms with Gasteiger partial charge >= 0.3 is 0 Å². The maximum Gasteiger partial charge on any atom is 0.103 e. The van der Waals surface area contributed by atoms with Crippen molar-refractivity contribution in [2.24, 2.45) is 0 Å². The first kappa shape index (κ1) is 25.7. The average Bonchev–Trinajstić information content (AvgIpc) is 2.84. The number of rotatable bonds is 8. The number of pyridine rings is 1. The van der Waals surface area contributed by atoms with Crippen LogP contribution in [0.15, 0.2) is 91.1 Å². The Morgan fingerprint density at radius 3 is 2.00 bits per heavy atom. The van der Waals surface area contributed by atoms with Gasteiger partial charge in [0.1, 0.15) is 5.60 Å². The Kier molecular flexibility index (Phi) is 8.16. The molecule has 0 unspecified atom stereocenters. The first-order chi connectivity index (χ1) is 16.8. The van der Waals surface area contributed by atoms with Gasteiger partial charge in [0.2, 0.25) is 0 Å². The van der Waals surface area contributed by atoms with Gasteiger partial charge < -0.3 is 10.0 Å². The second kappa shape index (κ2) is 11.1. The molecule has 2 atom stereocenters. The van der Waals surface area contributed by atoms with Gasteiger partial charge in [-0.1, -0.05) is 83.3 Å². The van der Waals surface area contributed by atoms with Gasteiger partial charge in [-0.05, 0) is 73.6 Å². The summed E-state index contributed by atoms with van der Waals surface area (Å²) >= 11 is 18.8. The molecule has 1 N–H and O–H groups in total. The molecule has 35 heavy (non-hydrogen) atoms. The van der Waals surface area contributed by atoms with Gasteiger partial charge in [-0.15, -0.1) is 0 Å². The van der Waals surface area contributed by atoms with E-state index in [0.29, 0.717) is 33.6 Å². The molecular formula is C29H27Cl3N2O. The number of halogens is 3. The molecule has 1 aromatic heterocycles. The Hall–Kier alpha value is -2.40. The van der Waals surface area contributed by atoms with Crippen LogP contribution in [0.5, 0.6) is 0 Å². The predicted molar refractivity (Wildman–Crippen MR) is 146 cm³/mol. The van der Waals surface area contributed by atoms with E-state index in [4.69, 9.17) is 39.8 Å². The molecule has 0 amide bonds. The molecule has 0 bridgehead atoms. The van der Waals surface area contributed by atoms with Crippen LogP contribution in [0.4, 0.5) is 0 Å². The largest absolute Gasteiger partial charge is 0.384 e. The fourth-order valence-electron chi connectivity index (χ4n) is 4.38. The van der Waals surface area contributed by atoms with Gasteiger partial charge in [-0.2, -0.15) is 0 Å². The molecule has 4 rings (SSSR count). The van der Waals surface area contributed by atoms with Crippen LogP contribution in [0.25, 0.3) is 11.1 Å². The third-order valence-electron chi connectivity index (χ3n) is 6.17. The summed E-state index contributed by atoms with van der Waals surface area (Å²) in [6.07, 6.45) is 2.29. The van der Waals surface area contributed by atoms with Gasteiger partial charge in [0.15, 0.2) is 0 Å². The van der Waals surface area contributed by atoms with Crippen molar-refractivity contribution >= 4 is 34.8 Å². The van der Waals surface area contributed by atoms with Crippen LogP contribution >= 0.6 is 34.8 Å². The molecule has 0 fully saturated rings. The van der Waals surface area contributed by atoms with Gasteiger partial charge in [0, 0.05) is 33.4 Å². The quantitative estimate of drug-likeness (QED) is 0.256. The summed E-state index contributed by atoms with van der Waals surface area (Å²) in [6.45, 7) is 0.660. The van der Waals surface area contributed by atoms with Crippen molar-refractivity contribution in [1.82, 2.24) is 9.88 Å². The van der Waals surface area contributed by atoms with Crippen LogP contribution in [-0.4, -0.2) is 35.6 Å². The summed E-state index contributed by atoms with van der Waals surface area (Å²) in [5, 5.41) is 14.1. The molecule has 0 radical (unpaired) electrons. The van der Waals surface area contributed by atoms with Crippen LogP contribution in [-0.2, 0) is 5.60 Å². The maximum atomic E-state index is 12.5. The standard InChI is InChI=1S/C29H27Cl3N2O/c1-34(2)15-14-29(35,23-16-25(31)18-26(32)17-23)28(21-6-4-3-5-7-21)27-13-10-22(19-33-27)20-8-11-24(30)12-9-20/h3-13,16-19,28,35H,14-15H2,1-2H3/t28-,29-/m1/s1.